The summed E-state index contributed by atoms with van der Waals surface area (Å²) in [7, 11) is 0. The summed E-state index contributed by atoms with van der Waals surface area (Å²) in [5.74, 6) is 1.21. The average molecular weight is 365 g/mol. The largest absolute Gasteiger partial charge is 0.482 e. The number of ether oxygens (including phenoxy) is 1. The van der Waals surface area contributed by atoms with Crippen molar-refractivity contribution in [3.8, 4) is 5.75 Å². The minimum Gasteiger partial charge on any atom is -0.482 e. The molecule has 3 aromatic rings. The first-order chi connectivity index (χ1) is 13.2. The topological polar surface area (TPSA) is 88.8 Å². The van der Waals surface area contributed by atoms with E-state index in [4.69, 9.17) is 4.74 Å². The molecule has 1 aliphatic rings. The standard InChI is InChI=1S/C19H19N5O3/c25-18(20-10-8-17-22-21-16-7-3-4-11-24(16)17)9-12-23-14-5-1-2-6-15(14)27-13-19(23)26/h1-7,11H,8-10,12-13H2,(H,20,25). The third kappa shape index (κ3) is 3.59. The summed E-state index contributed by atoms with van der Waals surface area (Å²) in [4.78, 5) is 25.9. The Morgan fingerprint density at radius 1 is 1.15 bits per heavy atom. The van der Waals surface area contributed by atoms with E-state index in [0.717, 1.165) is 11.5 Å². The first-order valence-corrected chi connectivity index (χ1v) is 8.80. The summed E-state index contributed by atoms with van der Waals surface area (Å²) in [5, 5.41) is 11.1. The van der Waals surface area contributed by atoms with Crippen molar-refractivity contribution in [2.45, 2.75) is 12.8 Å². The van der Waals surface area contributed by atoms with E-state index in [-0.39, 0.29) is 24.8 Å². The van der Waals surface area contributed by atoms with Crippen LogP contribution in [0.3, 0.4) is 0 Å². The second-order valence-electron chi connectivity index (χ2n) is 6.20. The second kappa shape index (κ2) is 7.45. The smallest absolute Gasteiger partial charge is 0.265 e. The van der Waals surface area contributed by atoms with Crippen LogP contribution in [0.1, 0.15) is 12.2 Å². The summed E-state index contributed by atoms with van der Waals surface area (Å²) in [6.45, 7) is 0.777. The summed E-state index contributed by atoms with van der Waals surface area (Å²) < 4.78 is 7.31. The monoisotopic (exact) mass is 365 g/mol. The molecule has 2 aromatic heterocycles. The lowest BCUT2D eigenvalue weighted by Gasteiger charge is -2.29. The number of benzene rings is 1. The Morgan fingerprint density at radius 2 is 2.00 bits per heavy atom. The number of anilines is 1. The van der Waals surface area contributed by atoms with E-state index in [2.05, 4.69) is 15.5 Å². The van der Waals surface area contributed by atoms with E-state index in [1.165, 1.54) is 0 Å². The third-order valence-electron chi connectivity index (χ3n) is 4.43. The van der Waals surface area contributed by atoms with Crippen molar-refractivity contribution in [3.63, 3.8) is 0 Å². The second-order valence-corrected chi connectivity index (χ2v) is 6.20. The van der Waals surface area contributed by atoms with Gasteiger partial charge in [0.05, 0.1) is 5.69 Å². The summed E-state index contributed by atoms with van der Waals surface area (Å²) in [5.41, 5.74) is 1.49. The lowest BCUT2D eigenvalue weighted by molar-refractivity contribution is -0.122. The molecule has 1 aliphatic heterocycles. The molecular weight excluding hydrogens is 346 g/mol. The molecule has 0 aliphatic carbocycles. The Balaban J connectivity index is 1.29. The van der Waals surface area contributed by atoms with Crippen LogP contribution in [0.15, 0.2) is 48.7 Å². The quantitative estimate of drug-likeness (QED) is 0.709. The van der Waals surface area contributed by atoms with Crippen LogP contribution in [-0.2, 0) is 16.0 Å². The molecular formula is C19H19N5O3. The van der Waals surface area contributed by atoms with E-state index in [9.17, 15) is 9.59 Å². The number of carbonyl (C=O) groups is 2. The number of nitrogens with one attached hydrogen (secondary N) is 1. The molecule has 0 unspecified atom stereocenters. The predicted molar refractivity (Wildman–Crippen MR) is 98.6 cm³/mol. The Hall–Kier alpha value is -3.42. The molecule has 27 heavy (non-hydrogen) atoms. The number of carbonyl (C=O) groups excluding carboxylic acids is 2. The fourth-order valence-corrected chi connectivity index (χ4v) is 3.08. The van der Waals surface area contributed by atoms with Gasteiger partial charge in [-0.15, -0.1) is 10.2 Å². The van der Waals surface area contributed by atoms with Gasteiger partial charge in [0.2, 0.25) is 5.91 Å². The van der Waals surface area contributed by atoms with Gasteiger partial charge in [-0.1, -0.05) is 18.2 Å². The van der Waals surface area contributed by atoms with Gasteiger partial charge >= 0.3 is 0 Å². The third-order valence-corrected chi connectivity index (χ3v) is 4.43. The van der Waals surface area contributed by atoms with Crippen molar-refractivity contribution < 1.29 is 14.3 Å². The van der Waals surface area contributed by atoms with Gasteiger partial charge in [-0.05, 0) is 24.3 Å². The lowest BCUT2D eigenvalue weighted by atomic mass is 10.2. The van der Waals surface area contributed by atoms with Crippen LogP contribution >= 0.6 is 0 Å². The number of nitrogens with zero attached hydrogens (tertiary/aromatic N) is 4. The molecule has 0 bridgehead atoms. The van der Waals surface area contributed by atoms with Gasteiger partial charge in [0, 0.05) is 32.1 Å². The molecule has 0 fully saturated rings. The molecule has 0 atom stereocenters. The fraction of sp³-hybridized carbons (Fsp3) is 0.263. The highest BCUT2D eigenvalue weighted by molar-refractivity contribution is 5.98. The van der Waals surface area contributed by atoms with Gasteiger partial charge in [0.1, 0.15) is 11.6 Å². The Bertz CT molecular complexity index is 984. The number of amides is 2. The van der Waals surface area contributed by atoms with E-state index in [1.54, 1.807) is 4.90 Å². The molecule has 0 spiro atoms. The van der Waals surface area contributed by atoms with Gasteiger partial charge in [-0.2, -0.15) is 0 Å². The van der Waals surface area contributed by atoms with Gasteiger partial charge in [-0.25, -0.2) is 0 Å². The number of aromatic nitrogens is 3. The van der Waals surface area contributed by atoms with Crippen LogP contribution in [0, 0.1) is 0 Å². The molecule has 1 aromatic carbocycles. The highest BCUT2D eigenvalue weighted by Gasteiger charge is 2.25. The number of rotatable bonds is 6. The molecule has 1 N–H and O–H groups in total. The van der Waals surface area contributed by atoms with Crippen LogP contribution in [0.25, 0.3) is 5.65 Å². The molecule has 8 nitrogen and oxygen atoms in total. The highest BCUT2D eigenvalue weighted by atomic mass is 16.5. The van der Waals surface area contributed by atoms with E-state index < -0.39 is 0 Å². The number of hydrogen-bond donors (Lipinski definition) is 1. The Morgan fingerprint density at radius 3 is 2.93 bits per heavy atom. The summed E-state index contributed by atoms with van der Waals surface area (Å²) >= 11 is 0. The highest BCUT2D eigenvalue weighted by Crippen LogP contribution is 2.31. The van der Waals surface area contributed by atoms with Gasteiger partial charge < -0.3 is 15.0 Å². The number of hydrogen-bond acceptors (Lipinski definition) is 5. The van der Waals surface area contributed by atoms with Gasteiger partial charge in [0.25, 0.3) is 5.91 Å². The average Bonchev–Trinajstić information content (AvgIpc) is 3.10. The molecule has 0 saturated carbocycles. The minimum atomic E-state index is -0.142. The zero-order valence-corrected chi connectivity index (χ0v) is 14.7. The SMILES string of the molecule is O=C(CCN1C(=O)COc2ccccc21)NCCc1nnc2ccccn12. The van der Waals surface area contributed by atoms with Crippen LogP contribution < -0.4 is 15.0 Å². The number of fused-ring (bicyclic) bond motifs is 2. The van der Waals surface area contributed by atoms with Crippen molar-refractivity contribution in [2.24, 2.45) is 0 Å². The van der Waals surface area contributed by atoms with E-state index in [1.807, 2.05) is 53.1 Å². The van der Waals surface area contributed by atoms with Gasteiger partial charge in [0.15, 0.2) is 12.3 Å². The zero-order chi connectivity index (χ0) is 18.6. The van der Waals surface area contributed by atoms with Crippen LogP contribution in [-0.4, -0.2) is 46.1 Å². The van der Waals surface area contributed by atoms with E-state index in [0.29, 0.717) is 30.9 Å². The minimum absolute atomic E-state index is 0.00140. The van der Waals surface area contributed by atoms with Crippen molar-refractivity contribution in [3.05, 3.63) is 54.5 Å². The number of para-hydroxylation sites is 2. The maximum Gasteiger partial charge on any atom is 0.265 e. The summed E-state index contributed by atoms with van der Waals surface area (Å²) in [6, 6.07) is 13.0. The van der Waals surface area contributed by atoms with Crippen molar-refractivity contribution in [1.82, 2.24) is 19.9 Å². The molecule has 4 rings (SSSR count). The van der Waals surface area contributed by atoms with E-state index >= 15 is 0 Å². The molecule has 138 valence electrons. The van der Waals surface area contributed by atoms with Crippen LogP contribution in [0.2, 0.25) is 0 Å². The van der Waals surface area contributed by atoms with Crippen molar-refractivity contribution >= 4 is 23.1 Å². The first kappa shape index (κ1) is 17.0. The normalized spacial score (nSPS) is 13.3. The predicted octanol–water partition coefficient (Wildman–Crippen LogP) is 1.20. The van der Waals surface area contributed by atoms with Gasteiger partial charge in [-0.3, -0.25) is 14.0 Å². The Kier molecular flexibility index (Phi) is 4.69. The van der Waals surface area contributed by atoms with Crippen LogP contribution in [0.4, 0.5) is 5.69 Å². The molecule has 3 heterocycles. The molecule has 8 heteroatoms. The van der Waals surface area contributed by atoms with Crippen molar-refractivity contribution in [2.75, 3.05) is 24.6 Å². The Labute approximate surface area is 155 Å². The molecule has 0 radical (unpaired) electrons. The number of pyridine rings is 1. The summed E-state index contributed by atoms with van der Waals surface area (Å²) in [6.07, 6.45) is 2.70. The van der Waals surface area contributed by atoms with Crippen LogP contribution in [0.5, 0.6) is 5.75 Å². The molecule has 2 amide bonds. The maximum atomic E-state index is 12.2. The fourth-order valence-electron chi connectivity index (χ4n) is 3.08. The lowest BCUT2D eigenvalue weighted by Crippen LogP contribution is -2.41. The zero-order valence-electron chi connectivity index (χ0n) is 14.7. The maximum absolute atomic E-state index is 12.2. The first-order valence-electron chi connectivity index (χ1n) is 8.80. The van der Waals surface area contributed by atoms with Crippen molar-refractivity contribution in [1.29, 1.82) is 0 Å². The molecule has 0 saturated heterocycles.